The first-order valence-corrected chi connectivity index (χ1v) is 7.87. The molecule has 28 heavy (non-hydrogen) atoms. The third-order valence-electron chi connectivity index (χ3n) is 3.84. The zero-order valence-electron chi connectivity index (χ0n) is 14.0. The molecule has 0 bridgehead atoms. The van der Waals surface area contributed by atoms with Crippen molar-refractivity contribution in [1.29, 1.82) is 0 Å². The minimum atomic E-state index is -0.897. The maximum atomic E-state index is 13.7. The summed E-state index contributed by atoms with van der Waals surface area (Å²) in [6, 6.07) is 15.8. The molecule has 0 atom stereocenters. The molecule has 3 nitrogen and oxygen atoms in total. The molecule has 0 amide bonds. The van der Waals surface area contributed by atoms with E-state index < -0.39 is 23.3 Å². The topological polar surface area (TPSA) is 30.7 Å². The molecule has 0 aliphatic carbocycles. The first-order chi connectivity index (χ1) is 13.0. The number of rotatable bonds is 3. The van der Waals surface area contributed by atoms with Gasteiger partial charge in [0.15, 0.2) is 5.82 Å². The molecule has 0 aliphatic heterocycles. The van der Waals surface area contributed by atoms with E-state index in [1.165, 1.54) is 4.57 Å². The third-order valence-corrected chi connectivity index (χ3v) is 3.84. The summed E-state index contributed by atoms with van der Waals surface area (Å²) in [7, 11) is 0. The van der Waals surface area contributed by atoms with E-state index in [2.05, 4.69) is 16.3 Å². The van der Waals surface area contributed by atoms with Crippen molar-refractivity contribution in [1.82, 2.24) is 14.8 Å². The smallest absolute Gasteiger partial charge is 0.159 e. The summed E-state index contributed by atoms with van der Waals surface area (Å²) in [5, 5.41) is 7.98. The monoisotopic (exact) mass is 561 g/mol. The molecule has 0 fully saturated rings. The van der Waals surface area contributed by atoms with Crippen LogP contribution in [0.4, 0.5) is 17.6 Å². The fourth-order valence-electron chi connectivity index (χ4n) is 2.77. The SMILES string of the molecule is Fc1[c-]c(-c2nnc(-c3cc(F)cc(F)c3)n2-c2ccccc2)cc(F)c1.[Ir]. The summed E-state index contributed by atoms with van der Waals surface area (Å²) in [6.45, 7) is 0. The van der Waals surface area contributed by atoms with Crippen LogP contribution in [-0.2, 0) is 20.1 Å². The van der Waals surface area contributed by atoms with E-state index in [0.29, 0.717) is 11.8 Å². The molecule has 8 heteroatoms. The van der Waals surface area contributed by atoms with Crippen molar-refractivity contribution in [2.45, 2.75) is 0 Å². The Hall–Kier alpha value is -2.83. The summed E-state index contributed by atoms with van der Waals surface area (Å²) in [6.07, 6.45) is 0. The summed E-state index contributed by atoms with van der Waals surface area (Å²) in [5.74, 6) is -3.06. The van der Waals surface area contributed by atoms with Gasteiger partial charge in [-0.1, -0.05) is 24.3 Å². The van der Waals surface area contributed by atoms with Crippen molar-refractivity contribution < 1.29 is 37.7 Å². The van der Waals surface area contributed by atoms with Crippen LogP contribution in [0.3, 0.4) is 0 Å². The molecular formula is C20H10F4IrN3-. The molecule has 0 saturated heterocycles. The normalized spacial score (nSPS) is 10.6. The largest absolute Gasteiger partial charge is 0.316 e. The Morgan fingerprint density at radius 2 is 1.32 bits per heavy atom. The first kappa shape index (κ1) is 19.9. The van der Waals surface area contributed by atoms with Crippen molar-refractivity contribution in [3.05, 3.63) is 90.0 Å². The number of hydrogen-bond donors (Lipinski definition) is 0. The summed E-state index contributed by atoms with van der Waals surface area (Å²) in [4.78, 5) is 0. The predicted octanol–water partition coefficient (Wildman–Crippen LogP) is 4.96. The summed E-state index contributed by atoms with van der Waals surface area (Å²) < 4.78 is 56.1. The van der Waals surface area contributed by atoms with Gasteiger partial charge in [-0.25, -0.2) is 17.6 Å². The Labute approximate surface area is 171 Å². The van der Waals surface area contributed by atoms with E-state index in [4.69, 9.17) is 0 Å². The predicted molar refractivity (Wildman–Crippen MR) is 90.9 cm³/mol. The van der Waals surface area contributed by atoms with Gasteiger partial charge < -0.3 is 4.57 Å². The molecule has 0 unspecified atom stereocenters. The molecule has 143 valence electrons. The third kappa shape index (κ3) is 3.88. The number of nitrogens with zero attached hydrogens (tertiary/aromatic N) is 3. The van der Waals surface area contributed by atoms with Gasteiger partial charge in [-0.15, -0.1) is 22.8 Å². The van der Waals surface area contributed by atoms with Crippen LogP contribution >= 0.6 is 0 Å². The molecule has 4 rings (SSSR count). The Bertz CT molecular complexity index is 1020. The van der Waals surface area contributed by atoms with E-state index in [1.807, 2.05) is 0 Å². The molecular weight excluding hydrogens is 550 g/mol. The zero-order valence-corrected chi connectivity index (χ0v) is 16.4. The Balaban J connectivity index is 0.00000225. The van der Waals surface area contributed by atoms with Crippen molar-refractivity contribution >= 4 is 0 Å². The second-order valence-corrected chi connectivity index (χ2v) is 5.74. The molecule has 1 heterocycles. The zero-order chi connectivity index (χ0) is 19.0. The maximum Gasteiger partial charge on any atom is 0.159 e. The molecule has 0 aliphatic rings. The number of halogens is 4. The fourth-order valence-corrected chi connectivity index (χ4v) is 2.77. The molecule has 0 saturated carbocycles. The van der Waals surface area contributed by atoms with E-state index >= 15 is 0 Å². The minimum absolute atomic E-state index is 0. The van der Waals surface area contributed by atoms with Crippen LogP contribution in [0, 0.1) is 29.3 Å². The summed E-state index contributed by atoms with van der Waals surface area (Å²) >= 11 is 0. The molecule has 0 spiro atoms. The average molecular weight is 561 g/mol. The van der Waals surface area contributed by atoms with Crippen LogP contribution in [0.5, 0.6) is 0 Å². The second kappa shape index (κ2) is 8.04. The van der Waals surface area contributed by atoms with E-state index in [1.54, 1.807) is 30.3 Å². The van der Waals surface area contributed by atoms with Gasteiger partial charge in [0.25, 0.3) is 0 Å². The number of para-hydroxylation sites is 1. The molecule has 0 N–H and O–H groups in total. The molecule has 1 aromatic heterocycles. The summed E-state index contributed by atoms with van der Waals surface area (Å²) in [5.41, 5.74) is 0.703. The van der Waals surface area contributed by atoms with Crippen molar-refractivity contribution in [2.75, 3.05) is 0 Å². The van der Waals surface area contributed by atoms with Gasteiger partial charge in [-0.05, 0) is 24.3 Å². The molecule has 4 aromatic rings. The fraction of sp³-hybridized carbons (Fsp3) is 0. The van der Waals surface area contributed by atoms with Crippen LogP contribution in [0.2, 0.25) is 0 Å². The van der Waals surface area contributed by atoms with Crippen LogP contribution in [0.1, 0.15) is 0 Å². The van der Waals surface area contributed by atoms with Crippen LogP contribution in [-0.4, -0.2) is 14.8 Å². The van der Waals surface area contributed by atoms with E-state index in [9.17, 15) is 17.6 Å². The van der Waals surface area contributed by atoms with Crippen LogP contribution in [0.25, 0.3) is 28.5 Å². The van der Waals surface area contributed by atoms with Gasteiger partial charge in [0.1, 0.15) is 11.6 Å². The van der Waals surface area contributed by atoms with Gasteiger partial charge in [0.05, 0.1) is 5.82 Å². The van der Waals surface area contributed by atoms with Crippen molar-refractivity contribution in [3.63, 3.8) is 0 Å². The maximum absolute atomic E-state index is 13.7. The van der Waals surface area contributed by atoms with Crippen LogP contribution < -0.4 is 0 Å². The van der Waals surface area contributed by atoms with E-state index in [-0.39, 0.29) is 42.9 Å². The van der Waals surface area contributed by atoms with Crippen molar-refractivity contribution in [3.8, 4) is 28.5 Å². The van der Waals surface area contributed by atoms with Gasteiger partial charge in [-0.3, -0.25) is 0 Å². The second-order valence-electron chi connectivity index (χ2n) is 5.74. The standard InChI is InChI=1S/C20H10F4N3.Ir/c21-14-6-12(7-15(22)10-14)19-25-26-20(13-8-16(23)11-17(24)9-13)27(19)18-4-2-1-3-5-18;/h1-8,10-11H;/q-1;. The van der Waals surface area contributed by atoms with Gasteiger partial charge in [-0.2, -0.15) is 5.10 Å². The minimum Gasteiger partial charge on any atom is -0.316 e. The first-order valence-electron chi connectivity index (χ1n) is 7.87. The van der Waals surface area contributed by atoms with Crippen LogP contribution in [0.15, 0.2) is 60.7 Å². The van der Waals surface area contributed by atoms with Crippen molar-refractivity contribution in [2.24, 2.45) is 0 Å². The Kier molecular flexibility index (Phi) is 5.72. The van der Waals surface area contributed by atoms with Gasteiger partial charge in [0, 0.05) is 49.1 Å². The number of benzene rings is 3. The Morgan fingerprint density at radius 3 is 1.96 bits per heavy atom. The average Bonchev–Trinajstić information content (AvgIpc) is 3.06. The molecule has 1 radical (unpaired) electrons. The quantitative estimate of drug-likeness (QED) is 0.262. The number of hydrogen-bond acceptors (Lipinski definition) is 2. The number of aromatic nitrogens is 3. The van der Waals surface area contributed by atoms with Gasteiger partial charge >= 0.3 is 0 Å². The van der Waals surface area contributed by atoms with E-state index in [0.717, 1.165) is 24.3 Å². The molecule has 3 aromatic carbocycles. The Morgan fingerprint density at radius 1 is 0.714 bits per heavy atom. The van der Waals surface area contributed by atoms with Gasteiger partial charge in [0.2, 0.25) is 0 Å².